The number of hydrogen-bond acceptors (Lipinski definition) is 3. The average Bonchev–Trinajstić information content (AvgIpc) is 3.02. The number of hydrogen-bond donors (Lipinski definition) is 2. The largest absolute Gasteiger partial charge is 0.497 e. The number of rotatable bonds is 6. The number of methoxy groups -OCH3 is 1. The number of amides is 2. The fourth-order valence-corrected chi connectivity index (χ4v) is 2.77. The van der Waals surface area contributed by atoms with E-state index < -0.39 is 11.9 Å². The van der Waals surface area contributed by atoms with Crippen LogP contribution in [0.25, 0.3) is 10.9 Å². The molecule has 25 heavy (non-hydrogen) atoms. The maximum Gasteiger partial charge on any atom is 0.244 e. The Morgan fingerprint density at radius 2 is 1.92 bits per heavy atom. The fraction of sp³-hybridized carbons (Fsp3) is 0.158. The van der Waals surface area contributed by atoms with Crippen molar-refractivity contribution in [3.05, 3.63) is 66.4 Å². The normalized spacial score (nSPS) is 11.9. The zero-order valence-corrected chi connectivity index (χ0v) is 13.8. The van der Waals surface area contributed by atoms with Gasteiger partial charge in [0.2, 0.25) is 11.8 Å². The molecule has 0 bridgehead atoms. The van der Waals surface area contributed by atoms with Gasteiger partial charge in [-0.1, -0.05) is 30.3 Å². The standard InChI is InChI=1S/C19H19N3O3/c1-25-15-7-8-16-14(11-15)9-10-22(16)12-17(23)21-18(19(20)24)13-5-3-2-4-6-13/h2-11,18H,12H2,1H3,(H2,20,24)(H,21,23)/t18-/m1/s1. The molecule has 1 aromatic heterocycles. The summed E-state index contributed by atoms with van der Waals surface area (Å²) in [5.41, 5.74) is 7.00. The Balaban J connectivity index is 1.76. The maximum absolute atomic E-state index is 12.4. The van der Waals surface area contributed by atoms with Gasteiger partial charge in [-0.05, 0) is 29.8 Å². The molecule has 3 N–H and O–H groups in total. The van der Waals surface area contributed by atoms with Crippen molar-refractivity contribution in [3.8, 4) is 5.75 Å². The minimum absolute atomic E-state index is 0.0897. The summed E-state index contributed by atoms with van der Waals surface area (Å²) in [4.78, 5) is 24.1. The molecule has 128 valence electrons. The number of carbonyl (C=O) groups excluding carboxylic acids is 2. The molecule has 6 nitrogen and oxygen atoms in total. The third-order valence-electron chi connectivity index (χ3n) is 4.01. The van der Waals surface area contributed by atoms with Crippen LogP contribution in [0.15, 0.2) is 60.8 Å². The van der Waals surface area contributed by atoms with Crippen molar-refractivity contribution in [3.63, 3.8) is 0 Å². The number of nitrogens with two attached hydrogens (primary N) is 1. The smallest absolute Gasteiger partial charge is 0.244 e. The molecular formula is C19H19N3O3. The Hall–Kier alpha value is -3.28. The average molecular weight is 337 g/mol. The van der Waals surface area contributed by atoms with E-state index in [2.05, 4.69) is 5.32 Å². The highest BCUT2D eigenvalue weighted by Gasteiger charge is 2.20. The lowest BCUT2D eigenvalue weighted by molar-refractivity contribution is -0.127. The van der Waals surface area contributed by atoms with Gasteiger partial charge in [0.1, 0.15) is 18.3 Å². The molecule has 0 saturated carbocycles. The van der Waals surface area contributed by atoms with Crippen molar-refractivity contribution in [1.82, 2.24) is 9.88 Å². The van der Waals surface area contributed by atoms with E-state index in [0.717, 1.165) is 16.7 Å². The summed E-state index contributed by atoms with van der Waals surface area (Å²) < 4.78 is 7.01. The van der Waals surface area contributed by atoms with Gasteiger partial charge in [-0.15, -0.1) is 0 Å². The molecule has 0 aliphatic heterocycles. The Morgan fingerprint density at radius 1 is 1.16 bits per heavy atom. The molecule has 0 radical (unpaired) electrons. The van der Waals surface area contributed by atoms with Gasteiger partial charge in [0, 0.05) is 17.1 Å². The van der Waals surface area contributed by atoms with Crippen LogP contribution in [0.5, 0.6) is 5.75 Å². The number of nitrogens with zero attached hydrogens (tertiary/aromatic N) is 1. The third kappa shape index (κ3) is 3.63. The summed E-state index contributed by atoms with van der Waals surface area (Å²) >= 11 is 0. The van der Waals surface area contributed by atoms with Crippen LogP contribution in [0.3, 0.4) is 0 Å². The van der Waals surface area contributed by atoms with Crippen LogP contribution in [0.1, 0.15) is 11.6 Å². The number of ether oxygens (including phenoxy) is 1. The first-order chi connectivity index (χ1) is 12.1. The summed E-state index contributed by atoms with van der Waals surface area (Å²) in [5, 5.41) is 3.67. The van der Waals surface area contributed by atoms with Gasteiger partial charge in [0.25, 0.3) is 0 Å². The SMILES string of the molecule is COc1ccc2c(ccn2CC(=O)N[C@@H](C(N)=O)c2ccccc2)c1. The molecule has 0 unspecified atom stereocenters. The van der Waals surface area contributed by atoms with E-state index in [0.29, 0.717) is 5.56 Å². The van der Waals surface area contributed by atoms with Crippen LogP contribution in [-0.2, 0) is 16.1 Å². The molecule has 0 spiro atoms. The van der Waals surface area contributed by atoms with Crippen molar-refractivity contribution in [2.24, 2.45) is 5.73 Å². The fourth-order valence-electron chi connectivity index (χ4n) is 2.77. The lowest BCUT2D eigenvalue weighted by atomic mass is 10.1. The molecule has 3 aromatic rings. The van der Waals surface area contributed by atoms with Crippen LogP contribution >= 0.6 is 0 Å². The third-order valence-corrected chi connectivity index (χ3v) is 4.01. The van der Waals surface area contributed by atoms with Crippen LogP contribution in [0.2, 0.25) is 0 Å². The second kappa shape index (κ2) is 7.09. The van der Waals surface area contributed by atoms with Crippen molar-refractivity contribution in [2.45, 2.75) is 12.6 Å². The molecular weight excluding hydrogens is 318 g/mol. The zero-order valence-electron chi connectivity index (χ0n) is 13.8. The first kappa shape index (κ1) is 16.6. The van der Waals surface area contributed by atoms with Crippen molar-refractivity contribution in [2.75, 3.05) is 7.11 Å². The zero-order chi connectivity index (χ0) is 17.8. The van der Waals surface area contributed by atoms with E-state index in [-0.39, 0.29) is 12.5 Å². The first-order valence-corrected chi connectivity index (χ1v) is 7.85. The Labute approximate surface area is 145 Å². The van der Waals surface area contributed by atoms with E-state index in [9.17, 15) is 9.59 Å². The van der Waals surface area contributed by atoms with Crippen molar-refractivity contribution >= 4 is 22.7 Å². The lowest BCUT2D eigenvalue weighted by Gasteiger charge is -2.16. The molecule has 0 fully saturated rings. The number of fused-ring (bicyclic) bond motifs is 1. The van der Waals surface area contributed by atoms with Crippen LogP contribution in [0.4, 0.5) is 0 Å². The predicted octanol–water partition coefficient (Wildman–Crippen LogP) is 1.99. The number of primary amides is 1. The molecule has 2 aromatic carbocycles. The lowest BCUT2D eigenvalue weighted by Crippen LogP contribution is -2.39. The Morgan fingerprint density at radius 3 is 2.60 bits per heavy atom. The molecule has 0 aliphatic rings. The first-order valence-electron chi connectivity index (χ1n) is 7.85. The molecule has 3 rings (SSSR count). The topological polar surface area (TPSA) is 86.3 Å². The highest BCUT2D eigenvalue weighted by atomic mass is 16.5. The van der Waals surface area contributed by atoms with E-state index in [1.807, 2.05) is 41.1 Å². The minimum atomic E-state index is -0.851. The molecule has 1 atom stereocenters. The minimum Gasteiger partial charge on any atom is -0.497 e. The second-order valence-electron chi connectivity index (χ2n) is 5.68. The Bertz CT molecular complexity index is 903. The summed E-state index contributed by atoms with van der Waals surface area (Å²) in [6.45, 7) is 0.0897. The van der Waals surface area contributed by atoms with Crippen LogP contribution in [0, 0.1) is 0 Å². The van der Waals surface area contributed by atoms with Crippen molar-refractivity contribution in [1.29, 1.82) is 0 Å². The summed E-state index contributed by atoms with van der Waals surface area (Å²) in [7, 11) is 1.61. The second-order valence-corrected chi connectivity index (χ2v) is 5.68. The maximum atomic E-state index is 12.4. The quantitative estimate of drug-likeness (QED) is 0.721. The molecule has 0 saturated heterocycles. The molecule has 1 heterocycles. The summed E-state index contributed by atoms with van der Waals surface area (Å²) in [6, 6.07) is 15.6. The highest BCUT2D eigenvalue weighted by molar-refractivity contribution is 5.89. The number of benzene rings is 2. The van der Waals surface area contributed by atoms with E-state index in [1.165, 1.54) is 0 Å². The molecule has 0 aliphatic carbocycles. The highest BCUT2D eigenvalue weighted by Crippen LogP contribution is 2.22. The van der Waals surface area contributed by atoms with Gasteiger partial charge in [-0.2, -0.15) is 0 Å². The van der Waals surface area contributed by atoms with Crippen LogP contribution in [-0.4, -0.2) is 23.5 Å². The molecule has 6 heteroatoms. The van der Waals surface area contributed by atoms with Gasteiger partial charge < -0.3 is 20.4 Å². The van der Waals surface area contributed by atoms with Crippen molar-refractivity contribution < 1.29 is 14.3 Å². The summed E-state index contributed by atoms with van der Waals surface area (Å²) in [5.74, 6) is -0.129. The monoisotopic (exact) mass is 337 g/mol. The van der Waals surface area contributed by atoms with Gasteiger partial charge in [0.15, 0.2) is 0 Å². The van der Waals surface area contributed by atoms with Gasteiger partial charge in [0.05, 0.1) is 7.11 Å². The van der Waals surface area contributed by atoms with Gasteiger partial charge in [-0.3, -0.25) is 9.59 Å². The van der Waals surface area contributed by atoms with E-state index in [1.54, 1.807) is 31.4 Å². The predicted molar refractivity (Wildman–Crippen MR) is 95.0 cm³/mol. The number of carbonyl (C=O) groups is 2. The van der Waals surface area contributed by atoms with Gasteiger partial charge in [-0.25, -0.2) is 0 Å². The number of aromatic nitrogens is 1. The number of nitrogens with one attached hydrogen (secondary N) is 1. The molecule has 2 amide bonds. The van der Waals surface area contributed by atoms with E-state index in [4.69, 9.17) is 10.5 Å². The van der Waals surface area contributed by atoms with Gasteiger partial charge >= 0.3 is 0 Å². The Kier molecular flexibility index (Phi) is 4.70. The summed E-state index contributed by atoms with van der Waals surface area (Å²) in [6.07, 6.45) is 1.82. The van der Waals surface area contributed by atoms with E-state index >= 15 is 0 Å². The van der Waals surface area contributed by atoms with Crippen LogP contribution < -0.4 is 15.8 Å².